The molecule has 0 aromatic heterocycles. The molecule has 1 N–H and O–H groups in total. The van der Waals surface area contributed by atoms with Crippen LogP contribution in [0.15, 0.2) is 46.6 Å². The van der Waals surface area contributed by atoms with Crippen LogP contribution in [0, 0.1) is 21.4 Å². The number of rotatable bonds is 4. The van der Waals surface area contributed by atoms with Crippen LogP contribution in [0.1, 0.15) is 30.9 Å². The number of nitro benzene ring substituents is 1. The van der Waals surface area contributed by atoms with Gasteiger partial charge in [-0.25, -0.2) is 0 Å². The smallest absolute Gasteiger partial charge is 0.270 e. The van der Waals surface area contributed by atoms with Crippen LogP contribution in [-0.4, -0.2) is 10.0 Å². The number of aromatic hydroxyl groups is 1. The third kappa shape index (κ3) is 3.49. The molecule has 0 spiro atoms. The summed E-state index contributed by atoms with van der Waals surface area (Å²) in [5.41, 5.74) is 1.07. The Kier molecular flexibility index (Phi) is 4.66. The number of nitro groups is 1. The van der Waals surface area contributed by atoms with E-state index in [1.165, 1.54) is 12.1 Å². The van der Waals surface area contributed by atoms with Crippen molar-refractivity contribution < 1.29 is 10.0 Å². The Hall–Kier alpha value is -3.27. The van der Waals surface area contributed by atoms with Gasteiger partial charge in [-0.2, -0.15) is 5.26 Å². The van der Waals surface area contributed by atoms with E-state index in [9.17, 15) is 15.2 Å². The second-order valence-corrected chi connectivity index (χ2v) is 5.14. The molecule has 0 aliphatic rings. The summed E-state index contributed by atoms with van der Waals surface area (Å²) in [6.45, 7) is 3.89. The van der Waals surface area contributed by atoms with Gasteiger partial charge in [-0.15, -0.1) is 10.2 Å². The molecule has 7 nitrogen and oxygen atoms in total. The van der Waals surface area contributed by atoms with Crippen LogP contribution < -0.4 is 0 Å². The van der Waals surface area contributed by atoms with E-state index >= 15 is 0 Å². The lowest BCUT2D eigenvalue weighted by Gasteiger charge is -2.09. The van der Waals surface area contributed by atoms with Crippen molar-refractivity contribution >= 4 is 17.1 Å². The van der Waals surface area contributed by atoms with E-state index in [1.807, 2.05) is 19.9 Å². The van der Waals surface area contributed by atoms with Crippen LogP contribution in [0.5, 0.6) is 5.75 Å². The van der Waals surface area contributed by atoms with E-state index in [2.05, 4.69) is 10.2 Å². The number of nitrogens with zero attached hydrogens (tertiary/aromatic N) is 4. The Morgan fingerprint density at radius 3 is 2.52 bits per heavy atom. The molecule has 0 atom stereocenters. The van der Waals surface area contributed by atoms with E-state index in [1.54, 1.807) is 18.2 Å². The van der Waals surface area contributed by atoms with Crippen LogP contribution in [0.3, 0.4) is 0 Å². The lowest BCUT2D eigenvalue weighted by atomic mass is 10.0. The van der Waals surface area contributed by atoms with Crippen molar-refractivity contribution in [2.24, 2.45) is 10.2 Å². The van der Waals surface area contributed by atoms with Crippen molar-refractivity contribution in [3.8, 4) is 11.8 Å². The number of benzene rings is 2. The molecule has 0 saturated carbocycles. The highest BCUT2D eigenvalue weighted by Crippen LogP contribution is 2.35. The van der Waals surface area contributed by atoms with Gasteiger partial charge >= 0.3 is 0 Å². The second-order valence-electron chi connectivity index (χ2n) is 5.14. The van der Waals surface area contributed by atoms with Gasteiger partial charge in [0.2, 0.25) is 0 Å². The average molecular weight is 310 g/mol. The zero-order valence-electron chi connectivity index (χ0n) is 12.6. The molecular weight excluding hydrogens is 296 g/mol. The quantitative estimate of drug-likeness (QED) is 0.500. The average Bonchev–Trinajstić information content (AvgIpc) is 2.53. The first-order valence-electron chi connectivity index (χ1n) is 6.86. The summed E-state index contributed by atoms with van der Waals surface area (Å²) in [7, 11) is 0. The van der Waals surface area contributed by atoms with Gasteiger partial charge in [-0.3, -0.25) is 10.1 Å². The number of para-hydroxylation sites is 1. The third-order valence-electron chi connectivity index (χ3n) is 3.24. The molecule has 2 aromatic carbocycles. The molecule has 116 valence electrons. The van der Waals surface area contributed by atoms with Gasteiger partial charge in [0.15, 0.2) is 0 Å². The van der Waals surface area contributed by atoms with Gasteiger partial charge < -0.3 is 5.11 Å². The fraction of sp³-hybridized carbons (Fsp3) is 0.188. The Morgan fingerprint density at radius 1 is 1.22 bits per heavy atom. The van der Waals surface area contributed by atoms with Crippen molar-refractivity contribution in [2.45, 2.75) is 19.8 Å². The topological polar surface area (TPSA) is 112 Å². The van der Waals surface area contributed by atoms with Gasteiger partial charge in [0, 0.05) is 12.1 Å². The van der Waals surface area contributed by atoms with E-state index in [0.29, 0.717) is 0 Å². The molecule has 0 aliphatic heterocycles. The SMILES string of the molecule is CC(C)c1cccc(N=Nc2ccc([N+](=O)[O-])cc2C#N)c1O. The van der Waals surface area contributed by atoms with E-state index in [4.69, 9.17) is 5.26 Å². The summed E-state index contributed by atoms with van der Waals surface area (Å²) < 4.78 is 0. The van der Waals surface area contributed by atoms with Crippen LogP contribution in [0.25, 0.3) is 0 Å². The van der Waals surface area contributed by atoms with E-state index in [0.717, 1.165) is 11.6 Å². The molecule has 0 aliphatic carbocycles. The second kappa shape index (κ2) is 6.66. The molecular formula is C16H14N4O3. The number of azo groups is 1. The maximum absolute atomic E-state index is 10.7. The molecule has 0 heterocycles. The maximum Gasteiger partial charge on any atom is 0.270 e. The Labute approximate surface area is 132 Å². The van der Waals surface area contributed by atoms with Gasteiger partial charge in [0.25, 0.3) is 5.69 Å². The van der Waals surface area contributed by atoms with E-state index < -0.39 is 4.92 Å². The van der Waals surface area contributed by atoms with Crippen LogP contribution in [0.2, 0.25) is 0 Å². The van der Waals surface area contributed by atoms with Crippen molar-refractivity contribution in [2.75, 3.05) is 0 Å². The molecule has 0 amide bonds. The fourth-order valence-corrected chi connectivity index (χ4v) is 2.02. The molecule has 0 bridgehead atoms. The Morgan fingerprint density at radius 2 is 1.91 bits per heavy atom. The maximum atomic E-state index is 10.7. The standard InChI is InChI=1S/C16H14N4O3/c1-10(2)13-4-3-5-15(16(13)21)19-18-14-7-6-12(20(22)23)8-11(14)9-17/h3-8,10,21H,1-2H3. The molecule has 2 aromatic rings. The highest BCUT2D eigenvalue weighted by atomic mass is 16.6. The highest BCUT2D eigenvalue weighted by Gasteiger charge is 2.12. The largest absolute Gasteiger partial charge is 0.505 e. The zero-order chi connectivity index (χ0) is 17.0. The van der Waals surface area contributed by atoms with Crippen molar-refractivity contribution in [1.82, 2.24) is 0 Å². The zero-order valence-corrected chi connectivity index (χ0v) is 12.6. The summed E-state index contributed by atoms with van der Waals surface area (Å²) in [6, 6.07) is 10.7. The molecule has 0 unspecified atom stereocenters. The number of hydrogen-bond donors (Lipinski definition) is 1. The summed E-state index contributed by atoms with van der Waals surface area (Å²) in [5.74, 6) is 0.158. The summed E-state index contributed by atoms with van der Waals surface area (Å²) >= 11 is 0. The number of non-ortho nitro benzene ring substituents is 1. The third-order valence-corrected chi connectivity index (χ3v) is 3.24. The first kappa shape index (κ1) is 16.1. The minimum atomic E-state index is -0.584. The van der Waals surface area contributed by atoms with E-state index in [-0.39, 0.29) is 34.3 Å². The molecule has 0 fully saturated rings. The number of nitriles is 1. The molecule has 0 saturated heterocycles. The first-order valence-corrected chi connectivity index (χ1v) is 6.86. The Bertz CT molecular complexity index is 823. The van der Waals surface area contributed by atoms with Gasteiger partial charge in [-0.1, -0.05) is 26.0 Å². The number of phenols is 1. The number of hydrogen-bond acceptors (Lipinski definition) is 6. The minimum absolute atomic E-state index is 0.0340. The predicted octanol–water partition coefficient (Wildman–Crippen LogP) is 4.71. The number of phenolic OH excluding ortho intramolecular Hbond substituents is 1. The van der Waals surface area contributed by atoms with Gasteiger partial charge in [0.05, 0.1) is 10.5 Å². The lowest BCUT2D eigenvalue weighted by Crippen LogP contribution is -1.88. The summed E-state index contributed by atoms with van der Waals surface area (Å²) in [5, 5.41) is 37.8. The van der Waals surface area contributed by atoms with Crippen molar-refractivity contribution in [3.05, 3.63) is 57.6 Å². The molecule has 2 rings (SSSR count). The van der Waals surface area contributed by atoms with Crippen LogP contribution in [0.4, 0.5) is 17.1 Å². The van der Waals surface area contributed by atoms with Crippen LogP contribution >= 0.6 is 0 Å². The van der Waals surface area contributed by atoms with Gasteiger partial charge in [-0.05, 0) is 23.6 Å². The van der Waals surface area contributed by atoms with Crippen molar-refractivity contribution in [1.29, 1.82) is 5.26 Å². The highest BCUT2D eigenvalue weighted by molar-refractivity contribution is 5.59. The molecule has 7 heteroatoms. The summed E-state index contributed by atoms with van der Waals surface area (Å²) in [4.78, 5) is 10.1. The summed E-state index contributed by atoms with van der Waals surface area (Å²) in [6.07, 6.45) is 0. The van der Waals surface area contributed by atoms with Gasteiger partial charge in [0.1, 0.15) is 23.2 Å². The fourth-order valence-electron chi connectivity index (χ4n) is 2.02. The molecule has 23 heavy (non-hydrogen) atoms. The predicted molar refractivity (Wildman–Crippen MR) is 84.2 cm³/mol. The van der Waals surface area contributed by atoms with Crippen molar-refractivity contribution in [3.63, 3.8) is 0 Å². The molecule has 0 radical (unpaired) electrons. The normalized spacial score (nSPS) is 10.9. The lowest BCUT2D eigenvalue weighted by molar-refractivity contribution is -0.384. The minimum Gasteiger partial charge on any atom is -0.505 e. The Balaban J connectivity index is 2.40. The monoisotopic (exact) mass is 310 g/mol. The first-order chi connectivity index (χ1) is 10.9. The van der Waals surface area contributed by atoms with Crippen LogP contribution in [-0.2, 0) is 0 Å².